The van der Waals surface area contributed by atoms with E-state index < -0.39 is 5.97 Å². The molecule has 1 rings (SSSR count). The van der Waals surface area contributed by atoms with Crippen molar-refractivity contribution in [3.05, 3.63) is 23.3 Å². The average Bonchev–Trinajstić information content (AvgIpc) is 2.06. The number of carboxylic acid groups (broad SMARTS) is 1. The summed E-state index contributed by atoms with van der Waals surface area (Å²) in [6, 6.07) is 3.05. The van der Waals surface area contributed by atoms with Crippen LogP contribution >= 0.6 is 0 Å². The largest absolute Gasteiger partial charge is 0.504 e. The number of rotatable bonds is 2. The van der Waals surface area contributed by atoms with Crippen molar-refractivity contribution in [3.8, 4) is 11.5 Å². The van der Waals surface area contributed by atoms with E-state index in [-0.39, 0.29) is 23.5 Å². The summed E-state index contributed by atoms with van der Waals surface area (Å²) < 4.78 is 0. The van der Waals surface area contributed by atoms with Crippen LogP contribution in [0.4, 0.5) is 0 Å². The van der Waals surface area contributed by atoms with Crippen molar-refractivity contribution in [2.45, 2.75) is 13.3 Å². The highest BCUT2D eigenvalue weighted by Gasteiger charge is 2.11. The first-order chi connectivity index (χ1) is 6.02. The molecule has 0 unspecified atom stereocenters. The molecule has 0 amide bonds. The van der Waals surface area contributed by atoms with Crippen LogP contribution in [0, 0.1) is 6.92 Å². The second-order valence-corrected chi connectivity index (χ2v) is 2.81. The van der Waals surface area contributed by atoms with Crippen LogP contribution in [0.15, 0.2) is 12.1 Å². The molecule has 13 heavy (non-hydrogen) atoms. The fourth-order valence-electron chi connectivity index (χ4n) is 1.03. The first kappa shape index (κ1) is 9.38. The lowest BCUT2D eigenvalue weighted by Gasteiger charge is -2.05. The molecule has 0 radical (unpaired) electrons. The molecule has 0 aliphatic rings. The normalized spacial score (nSPS) is 9.92. The molecule has 1 aromatic rings. The van der Waals surface area contributed by atoms with Gasteiger partial charge in [-0.3, -0.25) is 4.79 Å². The molecule has 0 aliphatic carbocycles. The maximum Gasteiger partial charge on any atom is 0.307 e. The molecule has 4 heteroatoms. The molecule has 3 N–H and O–H groups in total. The predicted molar refractivity (Wildman–Crippen MR) is 45.8 cm³/mol. The van der Waals surface area contributed by atoms with Crippen molar-refractivity contribution in [2.75, 3.05) is 0 Å². The molecule has 0 fully saturated rings. The van der Waals surface area contributed by atoms with Crippen LogP contribution in [-0.4, -0.2) is 21.3 Å². The molecule has 0 atom stereocenters. The zero-order chi connectivity index (χ0) is 10.0. The fourth-order valence-corrected chi connectivity index (χ4v) is 1.03. The Morgan fingerprint density at radius 1 is 1.31 bits per heavy atom. The zero-order valence-corrected chi connectivity index (χ0v) is 7.11. The summed E-state index contributed by atoms with van der Waals surface area (Å²) in [5.41, 5.74) is 0.738. The van der Waals surface area contributed by atoms with Crippen LogP contribution in [0.3, 0.4) is 0 Å². The van der Waals surface area contributed by atoms with E-state index in [4.69, 9.17) is 5.11 Å². The number of hydrogen-bond acceptors (Lipinski definition) is 3. The van der Waals surface area contributed by atoms with Gasteiger partial charge in [-0.1, -0.05) is 12.1 Å². The monoisotopic (exact) mass is 182 g/mol. The van der Waals surface area contributed by atoms with Crippen LogP contribution in [0.5, 0.6) is 11.5 Å². The molecule has 4 nitrogen and oxygen atoms in total. The van der Waals surface area contributed by atoms with E-state index in [2.05, 4.69) is 0 Å². The minimum absolute atomic E-state index is 0.218. The van der Waals surface area contributed by atoms with E-state index in [0.29, 0.717) is 5.56 Å². The maximum atomic E-state index is 10.3. The molecule has 0 spiro atoms. The molecule has 0 aromatic heterocycles. The number of benzene rings is 1. The van der Waals surface area contributed by atoms with Gasteiger partial charge in [0, 0.05) is 5.56 Å². The van der Waals surface area contributed by atoms with E-state index in [1.54, 1.807) is 13.0 Å². The standard InChI is InChI=1S/C9H10O4/c1-5-2-3-6(4-7(10)11)9(13)8(5)12/h2-3,12-13H,4H2,1H3,(H,10,11). The second kappa shape index (κ2) is 3.35. The highest BCUT2D eigenvalue weighted by Crippen LogP contribution is 2.32. The Morgan fingerprint density at radius 2 is 1.92 bits per heavy atom. The number of aromatic hydroxyl groups is 2. The summed E-state index contributed by atoms with van der Waals surface area (Å²) in [5, 5.41) is 27.0. The lowest BCUT2D eigenvalue weighted by Crippen LogP contribution is -2.00. The predicted octanol–water partition coefficient (Wildman–Crippen LogP) is 1.03. The molecule has 1 aromatic carbocycles. The second-order valence-electron chi connectivity index (χ2n) is 2.81. The molecular formula is C9H10O4. The summed E-state index contributed by atoms with van der Waals surface area (Å²) >= 11 is 0. The molecular weight excluding hydrogens is 172 g/mol. The molecule has 0 bridgehead atoms. The van der Waals surface area contributed by atoms with Crippen LogP contribution in [0.25, 0.3) is 0 Å². The van der Waals surface area contributed by atoms with Crippen LogP contribution in [0.1, 0.15) is 11.1 Å². The summed E-state index contributed by atoms with van der Waals surface area (Å²) in [6.45, 7) is 1.62. The van der Waals surface area contributed by atoms with Gasteiger partial charge in [0.15, 0.2) is 11.5 Å². The molecule has 0 saturated heterocycles. The van der Waals surface area contributed by atoms with Gasteiger partial charge in [0.05, 0.1) is 6.42 Å². The van der Waals surface area contributed by atoms with Gasteiger partial charge < -0.3 is 15.3 Å². The first-order valence-electron chi connectivity index (χ1n) is 3.74. The van der Waals surface area contributed by atoms with Crippen molar-refractivity contribution < 1.29 is 20.1 Å². The van der Waals surface area contributed by atoms with Gasteiger partial charge in [0.2, 0.25) is 0 Å². The van der Waals surface area contributed by atoms with Crippen LogP contribution < -0.4 is 0 Å². The highest BCUT2D eigenvalue weighted by molar-refractivity contribution is 5.72. The number of phenols is 2. The lowest BCUT2D eigenvalue weighted by atomic mass is 10.1. The third-order valence-corrected chi connectivity index (χ3v) is 1.78. The van der Waals surface area contributed by atoms with Crippen molar-refractivity contribution in [3.63, 3.8) is 0 Å². The third kappa shape index (κ3) is 1.90. The van der Waals surface area contributed by atoms with Crippen LogP contribution in [0.2, 0.25) is 0 Å². The Labute approximate surface area is 75.1 Å². The van der Waals surface area contributed by atoms with E-state index in [1.807, 2.05) is 0 Å². The van der Waals surface area contributed by atoms with E-state index in [9.17, 15) is 15.0 Å². The average molecular weight is 182 g/mol. The Morgan fingerprint density at radius 3 is 2.46 bits per heavy atom. The van der Waals surface area contributed by atoms with Crippen molar-refractivity contribution in [1.82, 2.24) is 0 Å². The first-order valence-corrected chi connectivity index (χ1v) is 3.74. The molecule has 70 valence electrons. The van der Waals surface area contributed by atoms with Crippen molar-refractivity contribution >= 4 is 5.97 Å². The van der Waals surface area contributed by atoms with Gasteiger partial charge in [-0.05, 0) is 12.5 Å². The Kier molecular flexibility index (Phi) is 2.41. The summed E-state index contributed by atoms with van der Waals surface area (Å²) in [4.78, 5) is 10.3. The minimum atomic E-state index is -1.04. The SMILES string of the molecule is Cc1ccc(CC(=O)O)c(O)c1O. The minimum Gasteiger partial charge on any atom is -0.504 e. The Bertz CT molecular complexity index is 344. The fraction of sp³-hybridized carbons (Fsp3) is 0.222. The van der Waals surface area contributed by atoms with Crippen molar-refractivity contribution in [2.24, 2.45) is 0 Å². The summed E-state index contributed by atoms with van der Waals surface area (Å²) in [7, 11) is 0. The van der Waals surface area contributed by atoms with Gasteiger partial charge in [-0.25, -0.2) is 0 Å². The lowest BCUT2D eigenvalue weighted by molar-refractivity contribution is -0.136. The summed E-state index contributed by atoms with van der Waals surface area (Å²) in [5.74, 6) is -1.64. The number of aliphatic carboxylic acids is 1. The smallest absolute Gasteiger partial charge is 0.307 e. The van der Waals surface area contributed by atoms with Gasteiger partial charge in [-0.15, -0.1) is 0 Å². The molecule has 0 heterocycles. The Balaban J connectivity index is 3.10. The van der Waals surface area contributed by atoms with E-state index >= 15 is 0 Å². The highest BCUT2D eigenvalue weighted by atomic mass is 16.4. The number of phenolic OH excluding ortho intramolecular Hbond substituents is 2. The van der Waals surface area contributed by atoms with Crippen molar-refractivity contribution in [1.29, 1.82) is 0 Å². The quantitative estimate of drug-likeness (QED) is 0.597. The van der Waals surface area contributed by atoms with Gasteiger partial charge in [0.1, 0.15) is 0 Å². The number of carboxylic acids is 1. The van der Waals surface area contributed by atoms with Gasteiger partial charge in [-0.2, -0.15) is 0 Å². The third-order valence-electron chi connectivity index (χ3n) is 1.78. The van der Waals surface area contributed by atoms with E-state index in [0.717, 1.165) is 0 Å². The molecule has 0 saturated carbocycles. The van der Waals surface area contributed by atoms with E-state index in [1.165, 1.54) is 6.07 Å². The number of hydrogen-bond donors (Lipinski definition) is 3. The zero-order valence-electron chi connectivity index (χ0n) is 7.11. The molecule has 0 aliphatic heterocycles. The Hall–Kier alpha value is -1.71. The number of carbonyl (C=O) groups is 1. The number of aryl methyl sites for hydroxylation is 1. The topological polar surface area (TPSA) is 77.8 Å². The maximum absolute atomic E-state index is 10.3. The van der Waals surface area contributed by atoms with Gasteiger partial charge >= 0.3 is 5.97 Å². The van der Waals surface area contributed by atoms with Gasteiger partial charge in [0.25, 0.3) is 0 Å². The summed E-state index contributed by atoms with van der Waals surface area (Å²) in [6.07, 6.45) is -0.292. The van der Waals surface area contributed by atoms with Crippen LogP contribution in [-0.2, 0) is 11.2 Å².